The largest absolute Gasteiger partial charge is 0.362 e. The third-order valence-corrected chi connectivity index (χ3v) is 1.56. The van der Waals surface area contributed by atoms with Crippen molar-refractivity contribution in [2.75, 3.05) is 6.26 Å². The predicted molar refractivity (Wildman–Crippen MR) is 38.3 cm³/mol. The van der Waals surface area contributed by atoms with Crippen LogP contribution in [0.2, 0.25) is 0 Å². The maximum absolute atomic E-state index is 11.8. The van der Waals surface area contributed by atoms with Crippen molar-refractivity contribution in [1.29, 1.82) is 0 Å². The van der Waals surface area contributed by atoms with Gasteiger partial charge in [0.05, 0.1) is 12.3 Å². The van der Waals surface area contributed by atoms with E-state index >= 15 is 0 Å². The molecule has 0 aliphatic carbocycles. The third kappa shape index (κ3) is 4.75. The van der Waals surface area contributed by atoms with Gasteiger partial charge in [-0.2, -0.15) is 8.42 Å². The molecule has 0 aliphatic rings. The third-order valence-electron chi connectivity index (χ3n) is 0.938. The summed E-state index contributed by atoms with van der Waals surface area (Å²) in [5.74, 6) is 0. The molecule has 0 aromatic rings. The van der Waals surface area contributed by atoms with E-state index in [1.807, 2.05) is 0 Å². The van der Waals surface area contributed by atoms with Crippen molar-refractivity contribution in [3.63, 3.8) is 0 Å². The highest BCUT2D eigenvalue weighted by Gasteiger charge is 2.14. The lowest BCUT2D eigenvalue weighted by Crippen LogP contribution is -2.20. The standard InChI is InChI=1S/C4H10BFO3S/c1-3-4(5-6)9-10(2,7)8/h4-5H,3H2,1-2H3. The maximum atomic E-state index is 11.8. The Morgan fingerprint density at radius 2 is 2.20 bits per heavy atom. The summed E-state index contributed by atoms with van der Waals surface area (Å²) in [6.45, 7) is 1.66. The first-order valence-electron chi connectivity index (χ1n) is 2.93. The molecule has 0 saturated carbocycles. The summed E-state index contributed by atoms with van der Waals surface area (Å²) in [7, 11) is -4.25. The number of hydrogen-bond acceptors (Lipinski definition) is 3. The fourth-order valence-electron chi connectivity index (χ4n) is 0.450. The Kier molecular flexibility index (Phi) is 3.89. The van der Waals surface area contributed by atoms with Crippen LogP contribution >= 0.6 is 0 Å². The van der Waals surface area contributed by atoms with Gasteiger partial charge in [-0.3, -0.25) is 4.18 Å². The summed E-state index contributed by atoms with van der Waals surface area (Å²) < 4.78 is 36.9. The van der Waals surface area contributed by atoms with Gasteiger partial charge in [0.25, 0.3) is 10.1 Å². The van der Waals surface area contributed by atoms with Crippen molar-refractivity contribution in [2.24, 2.45) is 0 Å². The van der Waals surface area contributed by atoms with Crippen LogP contribution in [0.3, 0.4) is 0 Å². The van der Waals surface area contributed by atoms with Gasteiger partial charge in [-0.15, -0.1) is 0 Å². The van der Waals surface area contributed by atoms with Crippen LogP contribution in [0.5, 0.6) is 0 Å². The molecule has 1 atom stereocenters. The van der Waals surface area contributed by atoms with E-state index in [2.05, 4.69) is 4.18 Å². The highest BCUT2D eigenvalue weighted by atomic mass is 32.2. The van der Waals surface area contributed by atoms with Gasteiger partial charge in [-0.25, -0.2) is 0 Å². The van der Waals surface area contributed by atoms with Gasteiger partial charge in [0.15, 0.2) is 0 Å². The van der Waals surface area contributed by atoms with E-state index in [1.165, 1.54) is 0 Å². The summed E-state index contributed by atoms with van der Waals surface area (Å²) in [6.07, 6.45) is 1.27. The van der Waals surface area contributed by atoms with Gasteiger partial charge >= 0.3 is 7.56 Å². The number of hydrogen-bond donors (Lipinski definition) is 0. The lowest BCUT2D eigenvalue weighted by Gasteiger charge is -2.07. The van der Waals surface area contributed by atoms with Crippen LogP contribution in [0.1, 0.15) is 13.3 Å². The zero-order valence-corrected chi connectivity index (χ0v) is 6.82. The fraction of sp³-hybridized carbons (Fsp3) is 1.00. The minimum absolute atomic E-state index is 0.365. The van der Waals surface area contributed by atoms with Crippen LogP contribution in [-0.4, -0.2) is 28.2 Å². The Hall–Kier alpha value is -0.0951. The van der Waals surface area contributed by atoms with Gasteiger partial charge in [-0.1, -0.05) is 6.92 Å². The Balaban J connectivity index is 3.87. The molecule has 10 heavy (non-hydrogen) atoms. The molecule has 0 rings (SSSR count). The normalized spacial score (nSPS) is 14.7. The topological polar surface area (TPSA) is 43.4 Å². The monoisotopic (exact) mass is 168 g/mol. The van der Waals surface area contributed by atoms with Crippen molar-refractivity contribution >= 4 is 17.7 Å². The molecule has 0 spiro atoms. The van der Waals surface area contributed by atoms with Crippen LogP contribution < -0.4 is 0 Å². The SMILES string of the molecule is CCC(BF)OS(C)(=O)=O. The molecule has 0 aromatic heterocycles. The molecule has 0 amide bonds. The molecule has 0 heterocycles. The van der Waals surface area contributed by atoms with E-state index < -0.39 is 23.7 Å². The first-order chi connectivity index (χ1) is 4.49. The van der Waals surface area contributed by atoms with Gasteiger partial charge in [-0.05, 0) is 6.42 Å². The number of halogens is 1. The van der Waals surface area contributed by atoms with E-state index in [0.717, 1.165) is 6.26 Å². The zero-order chi connectivity index (χ0) is 8.20. The average Bonchev–Trinajstić information content (AvgIpc) is 1.81. The minimum atomic E-state index is -3.49. The van der Waals surface area contributed by atoms with Crippen molar-refractivity contribution in [1.82, 2.24) is 0 Å². The molecule has 0 bridgehead atoms. The van der Waals surface area contributed by atoms with E-state index in [-0.39, 0.29) is 0 Å². The lowest BCUT2D eigenvalue weighted by molar-refractivity contribution is 0.273. The van der Waals surface area contributed by atoms with E-state index in [9.17, 15) is 12.7 Å². The lowest BCUT2D eigenvalue weighted by atomic mass is 9.93. The molecule has 0 aliphatic heterocycles. The van der Waals surface area contributed by atoms with E-state index in [0.29, 0.717) is 6.42 Å². The number of rotatable bonds is 4. The minimum Gasteiger partial charge on any atom is -0.338 e. The molecule has 1 unspecified atom stereocenters. The Morgan fingerprint density at radius 1 is 1.70 bits per heavy atom. The van der Waals surface area contributed by atoms with Crippen LogP contribution in [-0.2, 0) is 14.3 Å². The van der Waals surface area contributed by atoms with Crippen molar-refractivity contribution < 1.29 is 16.9 Å². The molecule has 60 valence electrons. The molecule has 0 radical (unpaired) electrons. The summed E-state index contributed by atoms with van der Waals surface area (Å²) in [6, 6.07) is -0.810. The summed E-state index contributed by atoms with van der Waals surface area (Å²) in [5.41, 5.74) is 0. The van der Waals surface area contributed by atoms with Crippen molar-refractivity contribution in [2.45, 2.75) is 19.3 Å². The van der Waals surface area contributed by atoms with E-state index in [4.69, 9.17) is 0 Å². The Bertz CT molecular complexity index is 175. The zero-order valence-electron chi connectivity index (χ0n) is 6.00. The summed E-state index contributed by atoms with van der Waals surface area (Å²) in [4.78, 5) is 0. The second-order valence-corrected chi connectivity index (χ2v) is 3.59. The van der Waals surface area contributed by atoms with Crippen molar-refractivity contribution in [3.05, 3.63) is 0 Å². The quantitative estimate of drug-likeness (QED) is 0.439. The molecule has 0 aromatic carbocycles. The smallest absolute Gasteiger partial charge is 0.338 e. The van der Waals surface area contributed by atoms with Gasteiger partial charge in [0.2, 0.25) is 0 Å². The first kappa shape index (κ1) is 9.90. The second-order valence-electron chi connectivity index (χ2n) is 1.98. The van der Waals surface area contributed by atoms with Crippen LogP contribution in [0.4, 0.5) is 4.32 Å². The fourth-order valence-corrected chi connectivity index (χ4v) is 1.13. The van der Waals surface area contributed by atoms with Gasteiger partial charge in [0.1, 0.15) is 0 Å². The van der Waals surface area contributed by atoms with Gasteiger partial charge in [0, 0.05) is 0 Å². The Morgan fingerprint density at radius 3 is 2.30 bits per heavy atom. The molecule has 6 heteroatoms. The highest BCUT2D eigenvalue weighted by molar-refractivity contribution is 7.86. The molecular formula is C4H10BFO3S. The second kappa shape index (κ2) is 3.93. The van der Waals surface area contributed by atoms with E-state index in [1.54, 1.807) is 6.92 Å². The van der Waals surface area contributed by atoms with Crippen LogP contribution in [0.25, 0.3) is 0 Å². The maximum Gasteiger partial charge on any atom is 0.362 e. The molecule has 0 saturated heterocycles. The molecule has 0 N–H and O–H groups in total. The van der Waals surface area contributed by atoms with Crippen LogP contribution in [0.15, 0.2) is 0 Å². The average molecular weight is 168 g/mol. The molecule has 3 nitrogen and oxygen atoms in total. The van der Waals surface area contributed by atoms with Crippen molar-refractivity contribution in [3.8, 4) is 0 Å². The highest BCUT2D eigenvalue weighted by Crippen LogP contribution is 2.00. The van der Waals surface area contributed by atoms with Crippen LogP contribution in [0, 0.1) is 0 Å². The molecular weight excluding hydrogens is 158 g/mol. The van der Waals surface area contributed by atoms with Gasteiger partial charge < -0.3 is 4.32 Å². The Labute approximate surface area is 61.0 Å². The predicted octanol–water partition coefficient (Wildman–Crippen LogP) is 0.0197. The molecule has 0 fully saturated rings. The summed E-state index contributed by atoms with van der Waals surface area (Å²) >= 11 is 0. The first-order valence-corrected chi connectivity index (χ1v) is 4.75. The summed E-state index contributed by atoms with van der Waals surface area (Å²) in [5, 5.41) is 0.